The predicted molar refractivity (Wildman–Crippen MR) is 157 cm³/mol. The summed E-state index contributed by atoms with van der Waals surface area (Å²) in [5.74, 6) is 0.584. The number of pyridine rings is 1. The first-order chi connectivity index (χ1) is 20.2. The molecule has 0 radical (unpaired) electrons. The van der Waals surface area contributed by atoms with E-state index < -0.39 is 33.8 Å². The van der Waals surface area contributed by atoms with Gasteiger partial charge in [0.1, 0.15) is 22.7 Å². The van der Waals surface area contributed by atoms with Crippen molar-refractivity contribution in [2.75, 3.05) is 16.8 Å². The van der Waals surface area contributed by atoms with Crippen LogP contribution in [0.4, 0.5) is 24.8 Å². The monoisotopic (exact) mass is 615 g/mol. The van der Waals surface area contributed by atoms with Crippen LogP contribution in [-0.2, 0) is 44.7 Å². The first-order valence-corrected chi connectivity index (χ1v) is 14.7. The molecule has 0 fully saturated rings. The summed E-state index contributed by atoms with van der Waals surface area (Å²) in [7, 11) is 3.56. The van der Waals surface area contributed by atoms with Crippen LogP contribution in [0.15, 0.2) is 36.8 Å². The molecule has 11 nitrogen and oxygen atoms in total. The summed E-state index contributed by atoms with van der Waals surface area (Å²) in [6.45, 7) is 7.27. The van der Waals surface area contributed by atoms with E-state index in [0.29, 0.717) is 35.0 Å². The van der Waals surface area contributed by atoms with Gasteiger partial charge >= 0.3 is 6.18 Å². The Bertz CT molecular complexity index is 1680. The normalized spacial score (nSPS) is 14.4. The number of nitrogens with one attached hydrogen (secondary N) is 2. The van der Waals surface area contributed by atoms with Gasteiger partial charge in [-0.2, -0.15) is 18.3 Å². The van der Waals surface area contributed by atoms with Gasteiger partial charge in [-0.1, -0.05) is 0 Å². The zero-order valence-electron chi connectivity index (χ0n) is 24.6. The Morgan fingerprint density at radius 1 is 1.09 bits per heavy atom. The average molecular weight is 616 g/mol. The molecule has 0 spiro atoms. The van der Waals surface area contributed by atoms with Crippen molar-refractivity contribution in [3.05, 3.63) is 59.0 Å². The van der Waals surface area contributed by atoms with Gasteiger partial charge in [-0.3, -0.25) is 14.4 Å². The Kier molecular flexibility index (Phi) is 8.00. The number of alkyl halides is 3. The third kappa shape index (κ3) is 5.96. The van der Waals surface area contributed by atoms with E-state index in [4.69, 9.17) is 0 Å². The molecule has 1 atom stereocenters. The van der Waals surface area contributed by atoms with Crippen LogP contribution in [0.2, 0.25) is 0 Å². The van der Waals surface area contributed by atoms with Crippen LogP contribution in [-0.4, -0.2) is 51.3 Å². The molecule has 1 amide bonds. The Morgan fingerprint density at radius 2 is 1.84 bits per heavy atom. The van der Waals surface area contributed by atoms with Gasteiger partial charge in [0, 0.05) is 43.1 Å². The lowest BCUT2D eigenvalue weighted by Crippen LogP contribution is -2.39. The minimum atomic E-state index is -4.70. The Balaban J connectivity index is 1.57. The van der Waals surface area contributed by atoms with E-state index in [1.165, 1.54) is 11.0 Å². The van der Waals surface area contributed by atoms with Crippen molar-refractivity contribution < 1.29 is 22.5 Å². The van der Waals surface area contributed by atoms with E-state index in [1.807, 2.05) is 6.92 Å². The number of hydrogen-bond acceptors (Lipinski definition) is 8. The molecule has 1 aromatic carbocycles. The molecular weight excluding hydrogens is 583 g/mol. The van der Waals surface area contributed by atoms with Crippen LogP contribution in [0.3, 0.4) is 0 Å². The maximum absolute atomic E-state index is 14.3. The number of halogens is 3. The lowest BCUT2D eigenvalue weighted by molar-refractivity contribution is -0.138. The molecule has 3 aromatic heterocycles. The third-order valence-electron chi connectivity index (χ3n) is 6.98. The van der Waals surface area contributed by atoms with E-state index >= 15 is 0 Å². The quantitative estimate of drug-likeness (QED) is 0.279. The highest BCUT2D eigenvalue weighted by molar-refractivity contribution is 7.90. The fraction of sp³-hybridized carbons (Fsp3) is 0.393. The lowest BCUT2D eigenvalue weighted by atomic mass is 9.99. The van der Waals surface area contributed by atoms with Crippen LogP contribution < -0.4 is 14.9 Å². The minimum Gasteiger partial charge on any atom is -0.598 e. The molecule has 43 heavy (non-hydrogen) atoms. The smallest absolute Gasteiger partial charge is 0.416 e. The highest BCUT2D eigenvalue weighted by Crippen LogP contribution is 2.41. The van der Waals surface area contributed by atoms with Crippen molar-refractivity contribution in [1.29, 1.82) is 0 Å². The zero-order chi connectivity index (χ0) is 31.3. The van der Waals surface area contributed by atoms with Crippen molar-refractivity contribution in [1.82, 2.24) is 34.3 Å². The number of fused-ring (bicyclic) bond motifs is 1. The molecule has 4 aromatic rings. The van der Waals surface area contributed by atoms with Crippen LogP contribution in [0, 0.1) is 0 Å². The SMILES string of the molecule is CCNc1cc(-c2c(-c3nncn3C)cnn2C)cc(N2Cc3c(cc(CN[S+]([O-])C(C)(C)C)cc3C(F)(F)F)C2=O)n1. The van der Waals surface area contributed by atoms with Crippen molar-refractivity contribution >= 4 is 28.9 Å². The van der Waals surface area contributed by atoms with E-state index in [1.54, 1.807) is 68.8 Å². The maximum atomic E-state index is 14.3. The first-order valence-electron chi connectivity index (χ1n) is 13.5. The van der Waals surface area contributed by atoms with Crippen molar-refractivity contribution in [3.63, 3.8) is 0 Å². The summed E-state index contributed by atoms with van der Waals surface area (Å²) in [5, 5.41) is 15.7. The van der Waals surface area contributed by atoms with Crippen molar-refractivity contribution in [2.24, 2.45) is 14.1 Å². The number of rotatable bonds is 8. The summed E-state index contributed by atoms with van der Waals surface area (Å²) in [5.41, 5.74) is 1.09. The number of anilines is 2. The Hall–Kier alpha value is -3.95. The molecule has 2 N–H and O–H groups in total. The maximum Gasteiger partial charge on any atom is 0.416 e. The van der Waals surface area contributed by atoms with Crippen molar-refractivity contribution in [2.45, 2.75) is 51.7 Å². The number of carbonyl (C=O) groups excluding carboxylic acids is 1. The van der Waals surface area contributed by atoms with Gasteiger partial charge in [-0.25, -0.2) is 4.98 Å². The van der Waals surface area contributed by atoms with Gasteiger partial charge in [-0.15, -0.1) is 14.9 Å². The number of carbonyl (C=O) groups is 1. The highest BCUT2D eigenvalue weighted by atomic mass is 32.2. The summed E-state index contributed by atoms with van der Waals surface area (Å²) >= 11 is -1.51. The second-order valence-electron chi connectivity index (χ2n) is 11.2. The van der Waals surface area contributed by atoms with Gasteiger partial charge in [0.2, 0.25) is 0 Å². The number of nitrogens with zero attached hydrogens (tertiary/aromatic N) is 7. The third-order valence-corrected chi connectivity index (χ3v) is 8.50. The molecule has 0 saturated carbocycles. The predicted octanol–water partition coefficient (Wildman–Crippen LogP) is 4.44. The molecule has 228 valence electrons. The second kappa shape index (κ2) is 11.3. The number of amides is 1. The average Bonchev–Trinajstić information content (AvgIpc) is 3.62. The van der Waals surface area contributed by atoms with Gasteiger partial charge in [0.25, 0.3) is 5.91 Å². The zero-order valence-corrected chi connectivity index (χ0v) is 25.4. The van der Waals surface area contributed by atoms with Gasteiger partial charge in [0.15, 0.2) is 5.82 Å². The summed E-state index contributed by atoms with van der Waals surface area (Å²) < 4.78 is 60.9. The van der Waals surface area contributed by atoms with Crippen LogP contribution >= 0.6 is 0 Å². The molecule has 0 aliphatic carbocycles. The number of benzene rings is 1. The summed E-state index contributed by atoms with van der Waals surface area (Å²) in [6, 6.07) is 5.89. The minimum absolute atomic E-state index is 0.0642. The van der Waals surface area contributed by atoms with Gasteiger partial charge in [0.05, 0.1) is 36.1 Å². The highest BCUT2D eigenvalue weighted by Gasteiger charge is 2.41. The van der Waals surface area contributed by atoms with Gasteiger partial charge < -0.3 is 14.4 Å². The molecule has 0 bridgehead atoms. The van der Waals surface area contributed by atoms with Crippen molar-refractivity contribution in [3.8, 4) is 22.6 Å². The van der Waals surface area contributed by atoms with E-state index in [2.05, 4.69) is 30.3 Å². The molecular formula is C28H32F3N9O2S. The number of aromatic nitrogens is 6. The summed E-state index contributed by atoms with van der Waals surface area (Å²) in [4.78, 5) is 19.6. The molecule has 0 saturated heterocycles. The first kappa shape index (κ1) is 30.5. The van der Waals surface area contributed by atoms with E-state index in [9.17, 15) is 22.5 Å². The fourth-order valence-electron chi connectivity index (χ4n) is 4.91. The Labute approximate surface area is 249 Å². The second-order valence-corrected chi connectivity index (χ2v) is 13.2. The largest absolute Gasteiger partial charge is 0.598 e. The fourth-order valence-corrected chi connectivity index (χ4v) is 5.64. The molecule has 5 rings (SSSR count). The van der Waals surface area contributed by atoms with Crippen LogP contribution in [0.25, 0.3) is 22.6 Å². The van der Waals surface area contributed by atoms with Crippen LogP contribution in [0.5, 0.6) is 0 Å². The molecule has 4 heterocycles. The van der Waals surface area contributed by atoms with Gasteiger partial charge in [-0.05, 0) is 63.1 Å². The topological polar surface area (TPSA) is 129 Å². The Morgan fingerprint density at radius 3 is 2.47 bits per heavy atom. The van der Waals surface area contributed by atoms with E-state index in [0.717, 1.165) is 6.07 Å². The standard InChI is InChI=1S/C28H32F3N9O2S/c1-7-32-22-10-17(24-19(13-34-39(24)6)25-37-33-15-38(25)5)11-23(36-22)40-14-20-18(26(40)41)8-16(9-21(20)28(29,30)31)12-35-43(42)27(2,3)4/h8-11,13,15,35H,7,12,14H2,1-6H3,(H,32,36). The van der Waals surface area contributed by atoms with Crippen LogP contribution in [0.1, 0.15) is 54.7 Å². The summed E-state index contributed by atoms with van der Waals surface area (Å²) in [6.07, 6.45) is -1.48. The van der Waals surface area contributed by atoms with E-state index in [-0.39, 0.29) is 35.6 Å². The number of aryl methyl sites for hydroxylation is 2. The number of hydrogen-bond donors (Lipinski definition) is 2. The lowest BCUT2D eigenvalue weighted by Gasteiger charge is -2.24. The molecule has 15 heteroatoms. The molecule has 1 aliphatic heterocycles. The molecule has 1 unspecified atom stereocenters. The molecule has 1 aliphatic rings.